The number of halogens is 1. The zero-order chi connectivity index (χ0) is 12.8. The van der Waals surface area contributed by atoms with E-state index in [0.717, 1.165) is 28.8 Å². The zero-order valence-electron chi connectivity index (χ0n) is 10.1. The average molecular weight is 310 g/mol. The molecule has 0 aliphatic carbocycles. The van der Waals surface area contributed by atoms with E-state index in [9.17, 15) is 0 Å². The summed E-state index contributed by atoms with van der Waals surface area (Å²) >= 11 is 3.42. The van der Waals surface area contributed by atoms with Crippen LogP contribution in [0.1, 0.15) is 12.0 Å². The summed E-state index contributed by atoms with van der Waals surface area (Å²) in [6, 6.07) is 5.90. The van der Waals surface area contributed by atoms with Gasteiger partial charge in [0.1, 0.15) is 5.75 Å². The number of imidazole rings is 1. The lowest BCUT2D eigenvalue weighted by Crippen LogP contribution is -2.06. The van der Waals surface area contributed by atoms with Gasteiger partial charge in [0.05, 0.1) is 12.9 Å². The monoisotopic (exact) mass is 309 g/mol. The van der Waals surface area contributed by atoms with E-state index in [-0.39, 0.29) is 0 Å². The second-order valence-electron chi connectivity index (χ2n) is 3.96. The highest BCUT2D eigenvalue weighted by Gasteiger charge is 2.02. The van der Waals surface area contributed by atoms with Crippen LogP contribution in [0.5, 0.6) is 5.75 Å². The van der Waals surface area contributed by atoms with Gasteiger partial charge < -0.3 is 15.0 Å². The Morgan fingerprint density at radius 2 is 2.28 bits per heavy atom. The maximum Gasteiger partial charge on any atom is 0.123 e. The zero-order valence-corrected chi connectivity index (χ0v) is 11.6. The predicted octanol–water partition coefficient (Wildman–Crippen LogP) is 2.57. The maximum absolute atomic E-state index is 5.75. The molecular weight excluding hydrogens is 294 g/mol. The molecule has 0 unspecified atom stereocenters. The summed E-state index contributed by atoms with van der Waals surface area (Å²) in [5.74, 6) is 0.867. The van der Waals surface area contributed by atoms with Gasteiger partial charge >= 0.3 is 0 Å². The second kappa shape index (κ2) is 6.56. The number of aryl methyl sites for hydroxylation is 1. The number of nitrogens with two attached hydrogens (primary N) is 1. The number of ether oxygens (including phenoxy) is 1. The normalized spacial score (nSPS) is 10.6. The molecule has 5 heteroatoms. The Hall–Kier alpha value is -1.33. The Bertz CT molecular complexity index is 485. The Labute approximate surface area is 115 Å². The first-order valence-electron chi connectivity index (χ1n) is 5.86. The maximum atomic E-state index is 5.75. The van der Waals surface area contributed by atoms with E-state index < -0.39 is 0 Å². The van der Waals surface area contributed by atoms with Gasteiger partial charge in [-0.25, -0.2) is 4.98 Å². The molecule has 0 amide bonds. The number of nitrogens with zero attached hydrogens (tertiary/aromatic N) is 2. The molecule has 96 valence electrons. The summed E-state index contributed by atoms with van der Waals surface area (Å²) in [6.07, 6.45) is 6.48. The summed E-state index contributed by atoms with van der Waals surface area (Å²) in [6.45, 7) is 2.07. The fourth-order valence-corrected chi connectivity index (χ4v) is 2.11. The molecule has 0 atom stereocenters. The van der Waals surface area contributed by atoms with Gasteiger partial charge in [-0.2, -0.15) is 0 Å². The molecule has 0 aliphatic heterocycles. The topological polar surface area (TPSA) is 53.1 Å². The smallest absolute Gasteiger partial charge is 0.123 e. The van der Waals surface area contributed by atoms with Crippen LogP contribution in [0.3, 0.4) is 0 Å². The molecule has 0 spiro atoms. The highest BCUT2D eigenvalue weighted by molar-refractivity contribution is 9.10. The van der Waals surface area contributed by atoms with Crippen LogP contribution >= 0.6 is 15.9 Å². The van der Waals surface area contributed by atoms with Crippen molar-refractivity contribution in [1.82, 2.24) is 9.55 Å². The first-order valence-corrected chi connectivity index (χ1v) is 6.66. The predicted molar refractivity (Wildman–Crippen MR) is 74.4 cm³/mol. The van der Waals surface area contributed by atoms with Gasteiger partial charge in [0.2, 0.25) is 0 Å². The fraction of sp³-hybridized carbons (Fsp3) is 0.308. The van der Waals surface area contributed by atoms with Crippen LogP contribution in [0.2, 0.25) is 0 Å². The fourth-order valence-electron chi connectivity index (χ4n) is 1.70. The van der Waals surface area contributed by atoms with Crippen molar-refractivity contribution in [3.8, 4) is 5.75 Å². The highest BCUT2D eigenvalue weighted by atomic mass is 79.9. The molecule has 18 heavy (non-hydrogen) atoms. The number of hydrogen-bond acceptors (Lipinski definition) is 3. The molecule has 1 aromatic heterocycles. The van der Waals surface area contributed by atoms with Gasteiger partial charge in [0.15, 0.2) is 0 Å². The Balaban J connectivity index is 1.83. The lowest BCUT2D eigenvalue weighted by Gasteiger charge is -2.11. The van der Waals surface area contributed by atoms with Crippen molar-refractivity contribution in [1.29, 1.82) is 0 Å². The third-order valence-electron chi connectivity index (χ3n) is 2.62. The Morgan fingerprint density at radius 3 is 3.00 bits per heavy atom. The van der Waals surface area contributed by atoms with Gasteiger partial charge in [-0.05, 0) is 24.6 Å². The van der Waals surface area contributed by atoms with Crippen molar-refractivity contribution in [2.24, 2.45) is 5.73 Å². The van der Waals surface area contributed by atoms with Crippen molar-refractivity contribution in [3.05, 3.63) is 47.0 Å². The molecule has 0 radical (unpaired) electrons. The van der Waals surface area contributed by atoms with Crippen molar-refractivity contribution >= 4 is 15.9 Å². The molecule has 0 bridgehead atoms. The van der Waals surface area contributed by atoms with E-state index in [1.54, 1.807) is 6.20 Å². The van der Waals surface area contributed by atoms with Gasteiger partial charge in [-0.1, -0.05) is 15.9 Å². The van der Waals surface area contributed by atoms with E-state index >= 15 is 0 Å². The summed E-state index contributed by atoms with van der Waals surface area (Å²) in [7, 11) is 0. The molecule has 2 N–H and O–H groups in total. The molecule has 1 heterocycles. The molecule has 2 aromatic rings. The molecular formula is C13H16BrN3O. The molecule has 1 aromatic carbocycles. The largest absolute Gasteiger partial charge is 0.493 e. The minimum atomic E-state index is 0.482. The lowest BCUT2D eigenvalue weighted by atomic mass is 10.2. The number of benzene rings is 1. The van der Waals surface area contributed by atoms with Crippen molar-refractivity contribution in [2.75, 3.05) is 6.61 Å². The van der Waals surface area contributed by atoms with Crippen molar-refractivity contribution < 1.29 is 4.74 Å². The van der Waals surface area contributed by atoms with E-state index in [1.165, 1.54) is 0 Å². The van der Waals surface area contributed by atoms with Crippen LogP contribution < -0.4 is 10.5 Å². The van der Waals surface area contributed by atoms with Crippen molar-refractivity contribution in [2.45, 2.75) is 19.5 Å². The number of rotatable bonds is 6. The van der Waals surface area contributed by atoms with E-state index in [1.807, 2.05) is 35.3 Å². The van der Waals surface area contributed by atoms with Crippen LogP contribution in [-0.2, 0) is 13.1 Å². The summed E-state index contributed by atoms with van der Waals surface area (Å²) in [5, 5.41) is 0. The molecule has 0 fully saturated rings. The van der Waals surface area contributed by atoms with E-state index in [4.69, 9.17) is 10.5 Å². The molecule has 0 saturated heterocycles. The standard InChI is InChI=1S/C13H16BrN3O/c14-12-2-3-13(11(8-12)9-15)18-7-1-5-17-6-4-16-10-17/h2-4,6,8,10H,1,5,7,9,15H2. The van der Waals surface area contributed by atoms with Gasteiger partial charge in [0, 0.05) is 35.5 Å². The van der Waals surface area contributed by atoms with Crippen LogP contribution in [0, 0.1) is 0 Å². The number of aromatic nitrogens is 2. The van der Waals surface area contributed by atoms with Gasteiger partial charge in [0.25, 0.3) is 0 Å². The van der Waals surface area contributed by atoms with Gasteiger partial charge in [-0.15, -0.1) is 0 Å². The van der Waals surface area contributed by atoms with Crippen molar-refractivity contribution in [3.63, 3.8) is 0 Å². The van der Waals surface area contributed by atoms with Crippen LogP contribution in [0.15, 0.2) is 41.4 Å². The third-order valence-corrected chi connectivity index (χ3v) is 3.11. The van der Waals surface area contributed by atoms with Crippen LogP contribution in [0.4, 0.5) is 0 Å². The quantitative estimate of drug-likeness (QED) is 0.834. The molecule has 0 aliphatic rings. The summed E-state index contributed by atoms with van der Waals surface area (Å²) in [5.41, 5.74) is 6.71. The first kappa shape index (κ1) is 13.1. The minimum Gasteiger partial charge on any atom is -0.493 e. The first-order chi connectivity index (χ1) is 8.79. The second-order valence-corrected chi connectivity index (χ2v) is 4.87. The Kier molecular flexibility index (Phi) is 4.78. The minimum absolute atomic E-state index is 0.482. The lowest BCUT2D eigenvalue weighted by molar-refractivity contribution is 0.299. The van der Waals surface area contributed by atoms with E-state index in [2.05, 4.69) is 20.9 Å². The summed E-state index contributed by atoms with van der Waals surface area (Å²) in [4.78, 5) is 4.00. The Morgan fingerprint density at radius 1 is 1.39 bits per heavy atom. The third kappa shape index (κ3) is 3.58. The van der Waals surface area contributed by atoms with E-state index in [0.29, 0.717) is 13.2 Å². The summed E-state index contributed by atoms with van der Waals surface area (Å²) < 4.78 is 8.81. The SMILES string of the molecule is NCc1cc(Br)ccc1OCCCn1ccnc1. The van der Waals surface area contributed by atoms with Crippen LogP contribution in [-0.4, -0.2) is 16.2 Å². The van der Waals surface area contributed by atoms with Gasteiger partial charge in [-0.3, -0.25) is 0 Å². The highest BCUT2D eigenvalue weighted by Crippen LogP contribution is 2.22. The molecule has 2 rings (SSSR count). The van der Waals surface area contributed by atoms with Crippen LogP contribution in [0.25, 0.3) is 0 Å². The number of hydrogen-bond donors (Lipinski definition) is 1. The average Bonchev–Trinajstić information content (AvgIpc) is 2.89. The molecule has 4 nitrogen and oxygen atoms in total. The molecule has 0 saturated carbocycles.